The Kier molecular flexibility index (Phi) is 5.77. The number of hydrogen-bond acceptors (Lipinski definition) is 5. The summed E-state index contributed by atoms with van der Waals surface area (Å²) in [6.07, 6.45) is 0.782. The molecule has 0 N–H and O–H groups in total. The van der Waals surface area contributed by atoms with Gasteiger partial charge in [-0.1, -0.05) is 24.3 Å². The monoisotopic (exact) mass is 397 g/mol. The summed E-state index contributed by atoms with van der Waals surface area (Å²) >= 11 is 0. The fraction of sp³-hybridized carbons (Fsp3) is 0.227. The molecule has 2 aromatic carbocycles. The van der Waals surface area contributed by atoms with E-state index < -0.39 is 17.6 Å². The highest BCUT2D eigenvalue weighted by molar-refractivity contribution is 6.42. The van der Waals surface area contributed by atoms with Gasteiger partial charge in [0.15, 0.2) is 0 Å². The summed E-state index contributed by atoms with van der Waals surface area (Å²) < 4.78 is 23.9. The van der Waals surface area contributed by atoms with E-state index in [1.807, 2.05) is 12.1 Å². The van der Waals surface area contributed by atoms with E-state index in [1.165, 1.54) is 33.3 Å². The molecule has 2 amide bonds. The van der Waals surface area contributed by atoms with Crippen LogP contribution in [0.1, 0.15) is 30.0 Å². The van der Waals surface area contributed by atoms with Gasteiger partial charge >= 0.3 is 5.97 Å². The Hall–Kier alpha value is -3.48. The van der Waals surface area contributed by atoms with Gasteiger partial charge in [0.05, 0.1) is 25.5 Å². The van der Waals surface area contributed by atoms with Crippen molar-refractivity contribution < 1.29 is 28.2 Å². The fourth-order valence-electron chi connectivity index (χ4n) is 3.31. The van der Waals surface area contributed by atoms with Crippen LogP contribution < -0.4 is 4.90 Å². The summed E-state index contributed by atoms with van der Waals surface area (Å²) in [6, 6.07) is 11.0. The van der Waals surface area contributed by atoms with E-state index in [0.29, 0.717) is 17.5 Å². The van der Waals surface area contributed by atoms with Crippen LogP contribution in [0.5, 0.6) is 0 Å². The SMILES string of the molecule is COC(=O)CCc1ccc(C(OC)=C2C(=O)N(C(C)=O)c3cc(F)ccc32)cc1. The number of hydrogen-bond donors (Lipinski definition) is 0. The van der Waals surface area contributed by atoms with Crippen molar-refractivity contribution in [1.82, 2.24) is 0 Å². The van der Waals surface area contributed by atoms with Crippen LogP contribution in [0.15, 0.2) is 42.5 Å². The minimum Gasteiger partial charge on any atom is -0.495 e. The topological polar surface area (TPSA) is 72.9 Å². The highest BCUT2D eigenvalue weighted by Crippen LogP contribution is 2.41. The van der Waals surface area contributed by atoms with Gasteiger partial charge in [-0.25, -0.2) is 9.29 Å². The van der Waals surface area contributed by atoms with Crippen LogP contribution in [0, 0.1) is 5.82 Å². The van der Waals surface area contributed by atoms with Crippen LogP contribution in [0.3, 0.4) is 0 Å². The van der Waals surface area contributed by atoms with Gasteiger partial charge < -0.3 is 9.47 Å². The van der Waals surface area contributed by atoms with Crippen molar-refractivity contribution in [2.75, 3.05) is 19.1 Å². The summed E-state index contributed by atoms with van der Waals surface area (Å²) in [5.41, 5.74) is 2.36. The molecule has 0 unspecified atom stereocenters. The molecule has 0 spiro atoms. The van der Waals surface area contributed by atoms with Crippen molar-refractivity contribution in [3.63, 3.8) is 0 Å². The molecule has 1 aliphatic heterocycles. The zero-order chi connectivity index (χ0) is 21.1. The smallest absolute Gasteiger partial charge is 0.305 e. The number of aryl methyl sites for hydroxylation is 1. The maximum atomic E-state index is 13.7. The first-order valence-electron chi connectivity index (χ1n) is 8.96. The quantitative estimate of drug-likeness (QED) is 0.440. The summed E-state index contributed by atoms with van der Waals surface area (Å²) in [6.45, 7) is 1.25. The molecular weight excluding hydrogens is 377 g/mol. The Labute approximate surface area is 167 Å². The number of methoxy groups -OCH3 is 2. The predicted octanol–water partition coefficient (Wildman–Crippen LogP) is 3.34. The molecule has 0 saturated heterocycles. The van der Waals surface area contributed by atoms with Crippen LogP contribution in [0.2, 0.25) is 0 Å². The first-order chi connectivity index (χ1) is 13.9. The maximum absolute atomic E-state index is 13.7. The van der Waals surface area contributed by atoms with Crippen molar-refractivity contribution >= 4 is 34.8 Å². The van der Waals surface area contributed by atoms with Crippen molar-refractivity contribution in [1.29, 1.82) is 0 Å². The van der Waals surface area contributed by atoms with Crippen molar-refractivity contribution in [3.8, 4) is 0 Å². The zero-order valence-corrected chi connectivity index (χ0v) is 16.3. The number of halogens is 1. The number of ether oxygens (including phenoxy) is 2. The van der Waals surface area contributed by atoms with E-state index in [-0.39, 0.29) is 29.4 Å². The number of fused-ring (bicyclic) bond motifs is 1. The standard InChI is InChI=1S/C22H20FNO5/c1-13(25)24-18-12-16(23)9-10-17(18)20(22(24)27)21(29-3)15-7-4-14(5-8-15)6-11-19(26)28-2/h4-5,7-10,12H,6,11H2,1-3H3. The molecule has 0 fully saturated rings. The maximum Gasteiger partial charge on any atom is 0.305 e. The number of carbonyl (C=O) groups excluding carboxylic acids is 3. The lowest BCUT2D eigenvalue weighted by Gasteiger charge is -2.13. The van der Waals surface area contributed by atoms with E-state index in [2.05, 4.69) is 4.74 Å². The normalized spacial score (nSPS) is 14.5. The van der Waals surface area contributed by atoms with Crippen LogP contribution in [0.25, 0.3) is 11.3 Å². The molecule has 0 aliphatic carbocycles. The van der Waals surface area contributed by atoms with Gasteiger partial charge in [-0.3, -0.25) is 14.4 Å². The number of nitrogens with zero attached hydrogens (tertiary/aromatic N) is 1. The summed E-state index contributed by atoms with van der Waals surface area (Å²) in [5, 5.41) is 0. The number of esters is 1. The number of anilines is 1. The van der Waals surface area contributed by atoms with Crippen molar-refractivity contribution in [2.45, 2.75) is 19.8 Å². The largest absolute Gasteiger partial charge is 0.495 e. The van der Waals surface area contributed by atoms with Gasteiger partial charge in [-0.15, -0.1) is 0 Å². The lowest BCUT2D eigenvalue weighted by Crippen LogP contribution is -2.31. The molecule has 7 heteroatoms. The lowest BCUT2D eigenvalue weighted by atomic mass is 10.00. The van der Waals surface area contributed by atoms with Gasteiger partial charge in [0.25, 0.3) is 5.91 Å². The van der Waals surface area contributed by atoms with Gasteiger partial charge in [-0.05, 0) is 30.2 Å². The minimum atomic E-state index is -0.565. The molecule has 150 valence electrons. The van der Waals surface area contributed by atoms with Crippen molar-refractivity contribution in [2.24, 2.45) is 0 Å². The Morgan fingerprint density at radius 1 is 1.03 bits per heavy atom. The van der Waals surface area contributed by atoms with Crippen LogP contribution in [-0.4, -0.2) is 32.0 Å². The van der Waals surface area contributed by atoms with Gasteiger partial charge in [0, 0.05) is 24.5 Å². The number of amides is 2. The number of benzene rings is 2. The number of imide groups is 1. The highest BCUT2D eigenvalue weighted by atomic mass is 19.1. The minimum absolute atomic E-state index is 0.194. The molecule has 0 atom stereocenters. The zero-order valence-electron chi connectivity index (χ0n) is 16.3. The van der Waals surface area contributed by atoms with E-state index in [1.54, 1.807) is 12.1 Å². The molecule has 3 rings (SSSR count). The Morgan fingerprint density at radius 2 is 1.72 bits per heavy atom. The molecule has 1 aliphatic rings. The Morgan fingerprint density at radius 3 is 2.31 bits per heavy atom. The first kappa shape index (κ1) is 20.3. The van der Waals surface area contributed by atoms with Gasteiger partial charge in [-0.2, -0.15) is 0 Å². The molecule has 2 aromatic rings. The third-order valence-electron chi connectivity index (χ3n) is 4.69. The molecule has 1 heterocycles. The second kappa shape index (κ2) is 8.26. The third-order valence-corrected chi connectivity index (χ3v) is 4.69. The number of carbonyl (C=O) groups is 3. The van der Waals surface area contributed by atoms with E-state index in [0.717, 1.165) is 16.5 Å². The van der Waals surface area contributed by atoms with Gasteiger partial charge in [0.1, 0.15) is 11.6 Å². The Bertz CT molecular complexity index is 1010. The number of rotatable bonds is 5. The second-order valence-electron chi connectivity index (χ2n) is 6.50. The Balaban J connectivity index is 2.03. The van der Waals surface area contributed by atoms with E-state index in [4.69, 9.17) is 4.74 Å². The summed E-state index contributed by atoms with van der Waals surface area (Å²) in [4.78, 5) is 37.2. The summed E-state index contributed by atoms with van der Waals surface area (Å²) in [5.74, 6) is -1.63. The summed E-state index contributed by atoms with van der Waals surface area (Å²) in [7, 11) is 2.77. The average Bonchev–Trinajstić information content (AvgIpc) is 2.99. The highest BCUT2D eigenvalue weighted by Gasteiger charge is 2.38. The van der Waals surface area contributed by atoms with E-state index >= 15 is 0 Å². The first-order valence-corrected chi connectivity index (χ1v) is 8.96. The molecule has 6 nitrogen and oxygen atoms in total. The molecule has 0 aromatic heterocycles. The molecule has 0 radical (unpaired) electrons. The molecule has 0 bridgehead atoms. The van der Waals surface area contributed by atoms with Crippen LogP contribution in [-0.2, 0) is 30.3 Å². The predicted molar refractivity (Wildman–Crippen MR) is 105 cm³/mol. The van der Waals surface area contributed by atoms with E-state index in [9.17, 15) is 18.8 Å². The molecular formula is C22H20FNO5. The van der Waals surface area contributed by atoms with Crippen molar-refractivity contribution in [3.05, 3.63) is 65.0 Å². The average molecular weight is 397 g/mol. The van der Waals surface area contributed by atoms with Crippen LogP contribution in [0.4, 0.5) is 10.1 Å². The second-order valence-corrected chi connectivity index (χ2v) is 6.50. The fourth-order valence-corrected chi connectivity index (χ4v) is 3.31. The van der Waals surface area contributed by atoms with Gasteiger partial charge in [0.2, 0.25) is 5.91 Å². The van der Waals surface area contributed by atoms with Crippen LogP contribution >= 0.6 is 0 Å². The molecule has 29 heavy (non-hydrogen) atoms. The molecule has 0 saturated carbocycles. The third kappa shape index (κ3) is 3.89. The lowest BCUT2D eigenvalue weighted by molar-refractivity contribution is -0.140.